The van der Waals surface area contributed by atoms with E-state index in [1.54, 1.807) is 6.92 Å². The number of nitrogens with zero attached hydrogens (tertiary/aromatic N) is 4. The summed E-state index contributed by atoms with van der Waals surface area (Å²) in [6, 6.07) is -0.398. The van der Waals surface area contributed by atoms with Crippen LogP contribution < -0.4 is 0 Å². The van der Waals surface area contributed by atoms with Gasteiger partial charge in [-0.1, -0.05) is 25.9 Å². The molecule has 12 heteroatoms. The fourth-order valence-corrected chi connectivity index (χ4v) is 5.82. The number of rotatable bonds is 9. The Labute approximate surface area is 190 Å². The second kappa shape index (κ2) is 10.0. The van der Waals surface area contributed by atoms with Crippen molar-refractivity contribution < 1.29 is 33.7 Å². The number of amides is 1. The molecule has 1 N–H and O–H groups in total. The minimum Gasteiger partial charge on any atom is -0.477 e. The van der Waals surface area contributed by atoms with Crippen LogP contribution in [-0.4, -0.2) is 71.3 Å². The number of carbonyl (C=O) groups is 3. The molecule has 11 nitrogen and oxygen atoms in total. The lowest BCUT2D eigenvalue weighted by Gasteiger charge is -2.46. The van der Waals surface area contributed by atoms with Crippen LogP contribution in [0.4, 0.5) is 4.79 Å². The molecular weight excluding hydrogens is 440 g/mol. The molecule has 0 radical (unpaired) electrons. The van der Waals surface area contributed by atoms with E-state index >= 15 is 0 Å². The highest BCUT2D eigenvalue weighted by Crippen LogP contribution is 2.52. The molecule has 2 fully saturated rings. The molecule has 6 unspecified atom stereocenters. The first-order chi connectivity index (χ1) is 15.1. The van der Waals surface area contributed by atoms with E-state index in [9.17, 15) is 19.5 Å². The molecule has 3 heterocycles. The van der Waals surface area contributed by atoms with Crippen LogP contribution in [0.2, 0.25) is 0 Å². The van der Waals surface area contributed by atoms with E-state index in [-0.39, 0.29) is 47.9 Å². The maximum Gasteiger partial charge on any atom is 0.508 e. The fraction of sp³-hybridized carbons (Fsp3) is 0.750. The Kier molecular flexibility index (Phi) is 7.58. The molecule has 2 saturated heterocycles. The van der Waals surface area contributed by atoms with Crippen LogP contribution in [0.3, 0.4) is 0 Å². The Balaban J connectivity index is 1.68. The monoisotopic (exact) mass is 468 g/mol. The number of carboxylic acid groups (broad SMARTS) is 1. The van der Waals surface area contributed by atoms with Crippen molar-refractivity contribution in [3.05, 3.63) is 21.0 Å². The average molecular weight is 469 g/mol. The van der Waals surface area contributed by atoms with Crippen molar-refractivity contribution >= 4 is 29.8 Å². The minimum absolute atomic E-state index is 0.00682. The van der Waals surface area contributed by atoms with Gasteiger partial charge in [0.25, 0.3) is 0 Å². The summed E-state index contributed by atoms with van der Waals surface area (Å²) in [5.74, 6) is -2.25. The smallest absolute Gasteiger partial charge is 0.477 e. The highest BCUT2D eigenvalue weighted by Gasteiger charge is 2.61. The van der Waals surface area contributed by atoms with Gasteiger partial charge in [0, 0.05) is 21.0 Å². The summed E-state index contributed by atoms with van der Waals surface area (Å²) in [7, 11) is 0. The van der Waals surface area contributed by atoms with Gasteiger partial charge < -0.3 is 24.2 Å². The van der Waals surface area contributed by atoms with E-state index < -0.39 is 30.2 Å². The molecule has 0 aliphatic carbocycles. The summed E-state index contributed by atoms with van der Waals surface area (Å²) in [5, 5.41) is 13.3. The van der Waals surface area contributed by atoms with Crippen LogP contribution in [0.15, 0.2) is 15.7 Å². The van der Waals surface area contributed by atoms with Crippen molar-refractivity contribution in [1.29, 1.82) is 0 Å². The predicted molar refractivity (Wildman–Crippen MR) is 114 cm³/mol. The Morgan fingerprint density at radius 3 is 2.75 bits per heavy atom. The lowest BCUT2D eigenvalue weighted by Crippen LogP contribution is -2.64. The van der Waals surface area contributed by atoms with Gasteiger partial charge in [-0.25, -0.2) is 9.59 Å². The molecule has 0 aromatic heterocycles. The normalized spacial score (nSPS) is 30.0. The zero-order valence-electron chi connectivity index (χ0n) is 18.5. The third kappa shape index (κ3) is 4.82. The molecule has 0 aromatic rings. The van der Waals surface area contributed by atoms with E-state index in [0.717, 1.165) is 0 Å². The Bertz CT molecular complexity index is 857. The molecule has 3 aliphatic rings. The molecule has 0 spiro atoms. The Morgan fingerprint density at radius 1 is 1.41 bits per heavy atom. The SMILES string of the molecule is CC(C)COC(=O)OC(C)C1C(=O)N2C(C(=O)O)=C(SC3COC(CN=[N+]=[N-])C3)C(C)C12. The molecule has 0 saturated carbocycles. The summed E-state index contributed by atoms with van der Waals surface area (Å²) < 4.78 is 16.0. The first-order valence-corrected chi connectivity index (χ1v) is 11.5. The lowest BCUT2D eigenvalue weighted by molar-refractivity contribution is -0.164. The maximum atomic E-state index is 12.9. The number of azide groups is 1. The molecule has 3 aliphatic heterocycles. The molecule has 32 heavy (non-hydrogen) atoms. The van der Waals surface area contributed by atoms with Crippen molar-refractivity contribution in [3.63, 3.8) is 0 Å². The fourth-order valence-electron chi connectivity index (χ4n) is 4.35. The zero-order valence-corrected chi connectivity index (χ0v) is 19.3. The van der Waals surface area contributed by atoms with Gasteiger partial charge in [-0.3, -0.25) is 4.79 Å². The highest BCUT2D eigenvalue weighted by atomic mass is 32.2. The molecule has 6 atom stereocenters. The van der Waals surface area contributed by atoms with Crippen LogP contribution >= 0.6 is 11.8 Å². The molecule has 1 amide bonds. The van der Waals surface area contributed by atoms with E-state index in [2.05, 4.69) is 10.0 Å². The van der Waals surface area contributed by atoms with E-state index in [4.69, 9.17) is 19.7 Å². The maximum absolute atomic E-state index is 12.9. The summed E-state index contributed by atoms with van der Waals surface area (Å²) >= 11 is 1.40. The van der Waals surface area contributed by atoms with Gasteiger partial charge in [0.05, 0.1) is 37.8 Å². The Morgan fingerprint density at radius 2 is 2.12 bits per heavy atom. The van der Waals surface area contributed by atoms with Gasteiger partial charge in [-0.05, 0) is 24.8 Å². The van der Waals surface area contributed by atoms with Crippen molar-refractivity contribution in [3.8, 4) is 0 Å². The standard InChI is InChI=1S/C20H28N4O7S/c1-9(2)7-30-20(28)31-11(4)14-15-10(3)17(16(19(26)27)24(15)18(14)25)32-13-5-12(29-8-13)6-22-23-21/h9-15H,5-8H2,1-4H3,(H,26,27). The number of hydrogen-bond donors (Lipinski definition) is 1. The quantitative estimate of drug-likeness (QED) is 0.178. The lowest BCUT2D eigenvalue weighted by atomic mass is 9.79. The van der Waals surface area contributed by atoms with Crippen LogP contribution in [0, 0.1) is 17.8 Å². The first kappa shape index (κ1) is 24.2. The molecule has 0 aromatic carbocycles. The van der Waals surface area contributed by atoms with E-state index in [1.807, 2.05) is 20.8 Å². The molecule has 176 valence electrons. The number of fused-ring (bicyclic) bond motifs is 1. The number of carbonyl (C=O) groups excluding carboxylic acids is 2. The zero-order chi connectivity index (χ0) is 23.6. The van der Waals surface area contributed by atoms with Gasteiger partial charge in [0.2, 0.25) is 5.91 Å². The van der Waals surface area contributed by atoms with Gasteiger partial charge in [0.1, 0.15) is 11.8 Å². The topological polar surface area (TPSA) is 151 Å². The summed E-state index contributed by atoms with van der Waals surface area (Å²) in [6.45, 7) is 8.15. The van der Waals surface area contributed by atoms with Gasteiger partial charge in [0.15, 0.2) is 0 Å². The number of ether oxygens (including phenoxy) is 3. The van der Waals surface area contributed by atoms with E-state index in [1.165, 1.54) is 16.7 Å². The third-order valence-electron chi connectivity index (χ3n) is 5.80. The largest absolute Gasteiger partial charge is 0.508 e. The Hall–Kier alpha value is -2.43. The molecule has 0 bridgehead atoms. The average Bonchev–Trinajstić information content (AvgIpc) is 3.26. The van der Waals surface area contributed by atoms with Gasteiger partial charge >= 0.3 is 12.1 Å². The van der Waals surface area contributed by atoms with Crippen LogP contribution in [0.5, 0.6) is 0 Å². The number of β-lactam (4-membered cyclic amide) rings is 1. The van der Waals surface area contributed by atoms with Crippen molar-refractivity contribution in [2.75, 3.05) is 19.8 Å². The number of hydrogen-bond acceptors (Lipinski definition) is 8. The molecule has 3 rings (SSSR count). The van der Waals surface area contributed by atoms with Crippen molar-refractivity contribution in [2.24, 2.45) is 22.9 Å². The number of carboxylic acids is 1. The second-order valence-electron chi connectivity index (χ2n) is 8.65. The van der Waals surface area contributed by atoms with Gasteiger partial charge in [-0.15, -0.1) is 11.8 Å². The van der Waals surface area contributed by atoms with Crippen LogP contribution in [0.1, 0.15) is 34.1 Å². The van der Waals surface area contributed by atoms with Gasteiger partial charge in [-0.2, -0.15) is 0 Å². The first-order valence-electron chi connectivity index (χ1n) is 10.6. The number of thioether (sulfide) groups is 1. The highest BCUT2D eigenvalue weighted by molar-refractivity contribution is 8.03. The summed E-state index contributed by atoms with van der Waals surface area (Å²) in [5.41, 5.74) is 8.46. The molecular formula is C20H28N4O7S. The van der Waals surface area contributed by atoms with E-state index in [0.29, 0.717) is 17.9 Å². The van der Waals surface area contributed by atoms with Crippen molar-refractivity contribution in [1.82, 2.24) is 4.90 Å². The predicted octanol–water partition coefficient (Wildman–Crippen LogP) is 3.16. The third-order valence-corrected chi connectivity index (χ3v) is 7.28. The van der Waals surface area contributed by atoms with Crippen molar-refractivity contribution in [2.45, 2.75) is 57.6 Å². The summed E-state index contributed by atoms with van der Waals surface area (Å²) in [6.07, 6.45) is -1.16. The van der Waals surface area contributed by atoms with Crippen LogP contribution in [-0.2, 0) is 23.8 Å². The summed E-state index contributed by atoms with van der Waals surface area (Å²) in [4.78, 5) is 41.5. The second-order valence-corrected chi connectivity index (χ2v) is 10.00. The van der Waals surface area contributed by atoms with Crippen LogP contribution in [0.25, 0.3) is 10.4 Å². The number of aliphatic carboxylic acids is 1. The minimum atomic E-state index is -1.16.